The van der Waals surface area contributed by atoms with E-state index >= 15 is 0 Å². The average Bonchev–Trinajstić information content (AvgIpc) is 2.67. The summed E-state index contributed by atoms with van der Waals surface area (Å²) in [7, 11) is 1.56. The summed E-state index contributed by atoms with van der Waals surface area (Å²) < 4.78 is 9.80. The molecule has 0 aliphatic carbocycles. The first kappa shape index (κ1) is 9.01. The number of aromatic nitrogens is 2. The quantitative estimate of drug-likeness (QED) is 0.725. The standard InChI is InChI=1S/C8H7N3O2S/c1-13-7-3-2-6-8(14-11-10-6)5(7)4-9-12/h2-3H,4H2,1H3. The molecule has 0 saturated carbocycles. The third-order valence-electron chi connectivity index (χ3n) is 1.92. The molecule has 0 amide bonds. The molecule has 2 rings (SSSR count). The lowest BCUT2D eigenvalue weighted by atomic mass is 10.2. The lowest BCUT2D eigenvalue weighted by Crippen LogP contribution is -1.90. The summed E-state index contributed by atoms with van der Waals surface area (Å²) in [6.45, 7) is 0.0877. The van der Waals surface area contributed by atoms with Gasteiger partial charge in [0.2, 0.25) is 0 Å². The Morgan fingerprint density at radius 3 is 3.14 bits per heavy atom. The zero-order valence-electron chi connectivity index (χ0n) is 7.43. The van der Waals surface area contributed by atoms with Gasteiger partial charge in [0, 0.05) is 5.56 Å². The van der Waals surface area contributed by atoms with Gasteiger partial charge >= 0.3 is 0 Å². The first-order valence-corrected chi connectivity index (χ1v) is 4.71. The monoisotopic (exact) mass is 209 g/mol. The number of methoxy groups -OCH3 is 1. The smallest absolute Gasteiger partial charge is 0.125 e. The van der Waals surface area contributed by atoms with Gasteiger partial charge in [-0.15, -0.1) is 5.10 Å². The van der Waals surface area contributed by atoms with Crippen LogP contribution in [0.2, 0.25) is 0 Å². The molecule has 0 saturated heterocycles. The van der Waals surface area contributed by atoms with Crippen LogP contribution in [0.4, 0.5) is 0 Å². The van der Waals surface area contributed by atoms with Crippen molar-refractivity contribution >= 4 is 21.7 Å². The maximum Gasteiger partial charge on any atom is 0.125 e. The van der Waals surface area contributed by atoms with Crippen LogP contribution in [0.1, 0.15) is 5.56 Å². The van der Waals surface area contributed by atoms with Crippen LogP contribution >= 0.6 is 11.5 Å². The van der Waals surface area contributed by atoms with Crippen LogP contribution in [0.15, 0.2) is 17.3 Å². The topological polar surface area (TPSA) is 64.4 Å². The number of nitroso groups, excluding NO2 is 1. The summed E-state index contributed by atoms with van der Waals surface area (Å²) in [5.74, 6) is 0.656. The van der Waals surface area contributed by atoms with Crippen molar-refractivity contribution in [2.45, 2.75) is 6.54 Å². The Kier molecular flexibility index (Phi) is 2.36. The largest absolute Gasteiger partial charge is 0.496 e. The summed E-state index contributed by atoms with van der Waals surface area (Å²) >= 11 is 1.24. The van der Waals surface area contributed by atoms with E-state index in [0.29, 0.717) is 5.75 Å². The van der Waals surface area contributed by atoms with E-state index < -0.39 is 0 Å². The fourth-order valence-corrected chi connectivity index (χ4v) is 1.98. The SMILES string of the molecule is COc1ccc2nnsc2c1CN=O. The predicted molar refractivity (Wildman–Crippen MR) is 53.5 cm³/mol. The number of nitrogens with zero attached hydrogens (tertiary/aromatic N) is 3. The molecule has 0 radical (unpaired) electrons. The predicted octanol–water partition coefficient (Wildman–Crippen LogP) is 1.97. The van der Waals surface area contributed by atoms with Crippen LogP contribution in [0.5, 0.6) is 5.75 Å². The summed E-state index contributed by atoms with van der Waals surface area (Å²) in [5.41, 5.74) is 1.53. The molecule has 0 unspecified atom stereocenters. The van der Waals surface area contributed by atoms with E-state index in [1.165, 1.54) is 11.5 Å². The van der Waals surface area contributed by atoms with Crippen LogP contribution in [-0.2, 0) is 6.54 Å². The highest BCUT2D eigenvalue weighted by Gasteiger charge is 2.10. The van der Waals surface area contributed by atoms with Crippen LogP contribution < -0.4 is 4.74 Å². The number of fused-ring (bicyclic) bond motifs is 1. The lowest BCUT2D eigenvalue weighted by molar-refractivity contribution is 0.411. The number of hydrogen-bond acceptors (Lipinski definition) is 6. The molecule has 72 valence electrons. The van der Waals surface area contributed by atoms with Crippen molar-refractivity contribution in [3.8, 4) is 5.75 Å². The fraction of sp³-hybridized carbons (Fsp3) is 0.250. The number of rotatable bonds is 3. The second-order valence-corrected chi connectivity index (χ2v) is 3.41. The minimum absolute atomic E-state index is 0.0877. The van der Waals surface area contributed by atoms with Crippen molar-refractivity contribution < 1.29 is 4.74 Å². The Hall–Kier alpha value is -1.56. The van der Waals surface area contributed by atoms with Gasteiger partial charge in [0.05, 0.1) is 11.8 Å². The Bertz CT molecular complexity index is 469. The van der Waals surface area contributed by atoms with Crippen LogP contribution in [-0.4, -0.2) is 16.7 Å². The lowest BCUT2D eigenvalue weighted by Gasteiger charge is -2.04. The van der Waals surface area contributed by atoms with E-state index in [1.807, 2.05) is 6.07 Å². The molecule has 1 aromatic carbocycles. The first-order chi connectivity index (χ1) is 6.86. The second kappa shape index (κ2) is 3.67. The summed E-state index contributed by atoms with van der Waals surface area (Å²) in [5, 5.41) is 6.77. The number of benzene rings is 1. The second-order valence-electron chi connectivity index (χ2n) is 2.65. The van der Waals surface area contributed by atoms with Crippen molar-refractivity contribution in [2.24, 2.45) is 5.18 Å². The maximum atomic E-state index is 10.3. The molecule has 0 N–H and O–H groups in total. The molecule has 1 aromatic heterocycles. The molecule has 0 aliphatic heterocycles. The molecule has 6 heteroatoms. The zero-order valence-corrected chi connectivity index (χ0v) is 8.24. The zero-order chi connectivity index (χ0) is 9.97. The van der Waals surface area contributed by atoms with Gasteiger partial charge in [0.25, 0.3) is 0 Å². The molecular formula is C8H7N3O2S. The Labute approximate surface area is 83.8 Å². The average molecular weight is 209 g/mol. The maximum absolute atomic E-state index is 10.3. The van der Waals surface area contributed by atoms with Crippen LogP contribution in [0, 0.1) is 4.91 Å². The Morgan fingerprint density at radius 2 is 2.43 bits per heavy atom. The van der Waals surface area contributed by atoms with E-state index in [9.17, 15) is 4.91 Å². The van der Waals surface area contributed by atoms with E-state index in [4.69, 9.17) is 4.74 Å². The highest BCUT2D eigenvalue weighted by Crippen LogP contribution is 2.29. The third-order valence-corrected chi connectivity index (χ3v) is 2.72. The van der Waals surface area contributed by atoms with Crippen LogP contribution in [0.25, 0.3) is 10.2 Å². The van der Waals surface area contributed by atoms with Gasteiger partial charge in [-0.2, -0.15) is 4.91 Å². The highest BCUT2D eigenvalue weighted by molar-refractivity contribution is 7.13. The van der Waals surface area contributed by atoms with E-state index in [2.05, 4.69) is 14.8 Å². The minimum atomic E-state index is 0.0877. The molecule has 2 aromatic rings. The van der Waals surface area contributed by atoms with Gasteiger partial charge in [0.1, 0.15) is 17.8 Å². The molecule has 0 bridgehead atoms. The molecule has 0 aliphatic rings. The normalized spacial score (nSPS) is 10.4. The van der Waals surface area contributed by atoms with E-state index in [-0.39, 0.29) is 6.54 Å². The van der Waals surface area contributed by atoms with Crippen molar-refractivity contribution in [3.05, 3.63) is 22.6 Å². The van der Waals surface area contributed by atoms with Gasteiger partial charge < -0.3 is 4.74 Å². The molecule has 0 fully saturated rings. The summed E-state index contributed by atoms with van der Waals surface area (Å²) in [6.07, 6.45) is 0. The van der Waals surface area contributed by atoms with Gasteiger partial charge in [-0.1, -0.05) is 9.67 Å². The first-order valence-electron chi connectivity index (χ1n) is 3.94. The van der Waals surface area contributed by atoms with Gasteiger partial charge in [-0.05, 0) is 23.7 Å². The summed E-state index contributed by atoms with van der Waals surface area (Å²) in [6, 6.07) is 3.58. The van der Waals surface area contributed by atoms with Crippen molar-refractivity contribution in [1.29, 1.82) is 0 Å². The molecule has 14 heavy (non-hydrogen) atoms. The number of hydrogen-bond donors (Lipinski definition) is 0. The van der Waals surface area contributed by atoms with Crippen LogP contribution in [0.3, 0.4) is 0 Å². The summed E-state index contributed by atoms with van der Waals surface area (Å²) in [4.78, 5) is 10.3. The molecule has 5 nitrogen and oxygen atoms in total. The van der Waals surface area contributed by atoms with Gasteiger partial charge in [0.15, 0.2) is 0 Å². The Morgan fingerprint density at radius 1 is 1.57 bits per heavy atom. The molecule has 1 heterocycles. The van der Waals surface area contributed by atoms with E-state index in [1.54, 1.807) is 13.2 Å². The van der Waals surface area contributed by atoms with Gasteiger partial charge in [-0.3, -0.25) is 0 Å². The van der Waals surface area contributed by atoms with E-state index in [0.717, 1.165) is 15.8 Å². The Balaban J connectivity index is 2.68. The molecule has 0 spiro atoms. The molecular weight excluding hydrogens is 202 g/mol. The van der Waals surface area contributed by atoms with Crippen molar-refractivity contribution in [2.75, 3.05) is 7.11 Å². The van der Waals surface area contributed by atoms with Crippen molar-refractivity contribution in [1.82, 2.24) is 9.59 Å². The van der Waals surface area contributed by atoms with Gasteiger partial charge in [-0.25, -0.2) is 0 Å². The fourth-order valence-electron chi connectivity index (χ4n) is 1.29. The van der Waals surface area contributed by atoms with Crippen molar-refractivity contribution in [3.63, 3.8) is 0 Å². The highest BCUT2D eigenvalue weighted by atomic mass is 32.1. The number of ether oxygens (including phenoxy) is 1. The minimum Gasteiger partial charge on any atom is -0.496 e. The third kappa shape index (κ3) is 1.33. The molecule has 0 atom stereocenters.